The lowest BCUT2D eigenvalue weighted by Gasteiger charge is -2.33. The van der Waals surface area contributed by atoms with E-state index in [1.165, 1.54) is 12.1 Å². The molecule has 3 aromatic carbocycles. The number of anilines is 1. The molecule has 0 saturated carbocycles. The van der Waals surface area contributed by atoms with E-state index in [4.69, 9.17) is 4.74 Å². The van der Waals surface area contributed by atoms with Gasteiger partial charge in [0.05, 0.1) is 16.6 Å². The highest BCUT2D eigenvalue weighted by Gasteiger charge is 2.34. The van der Waals surface area contributed by atoms with Crippen molar-refractivity contribution in [1.29, 1.82) is 0 Å². The van der Waals surface area contributed by atoms with Crippen molar-refractivity contribution in [1.82, 2.24) is 19.8 Å². The largest absolute Gasteiger partial charge is 0.508 e. The summed E-state index contributed by atoms with van der Waals surface area (Å²) < 4.78 is 48.5. The molecule has 0 radical (unpaired) electrons. The number of phenols is 1. The maximum absolute atomic E-state index is 14.1. The van der Waals surface area contributed by atoms with Crippen molar-refractivity contribution in [2.45, 2.75) is 19.6 Å². The number of nitrogens with one attached hydrogen (secondary N) is 2. The summed E-state index contributed by atoms with van der Waals surface area (Å²) in [6, 6.07) is 19.2. The van der Waals surface area contributed by atoms with Crippen LogP contribution >= 0.6 is 0 Å². The molecule has 0 spiro atoms. The number of fused-ring (bicyclic) bond motifs is 1. The molecule has 0 bridgehead atoms. The second-order valence-corrected chi connectivity index (χ2v) is 11.3. The van der Waals surface area contributed by atoms with Gasteiger partial charge in [0.1, 0.15) is 22.9 Å². The van der Waals surface area contributed by atoms with Crippen molar-refractivity contribution in [2.24, 2.45) is 0 Å². The van der Waals surface area contributed by atoms with Crippen LogP contribution in [0, 0.1) is 6.92 Å². The highest BCUT2D eigenvalue weighted by Crippen LogP contribution is 2.36. The Labute approximate surface area is 258 Å². The van der Waals surface area contributed by atoms with E-state index in [-0.39, 0.29) is 29.1 Å². The Balaban J connectivity index is 1.24. The van der Waals surface area contributed by atoms with Crippen molar-refractivity contribution in [2.75, 3.05) is 38.5 Å². The number of aryl methyl sites for hydroxylation is 1. The molecule has 0 unspecified atom stereocenters. The molecular weight excluding hydrogens is 583 g/mol. The molecule has 5 aromatic rings. The molecule has 232 valence electrons. The molecule has 0 atom stereocenters. The number of H-pyrrole nitrogens is 1. The number of carbonyl (C=O) groups is 1. The molecule has 2 aromatic heterocycles. The number of rotatable bonds is 7. The van der Waals surface area contributed by atoms with Gasteiger partial charge in [-0.25, -0.2) is 4.98 Å². The van der Waals surface area contributed by atoms with E-state index >= 15 is 0 Å². The lowest BCUT2D eigenvalue weighted by atomic mass is 10.0. The zero-order chi connectivity index (χ0) is 31.7. The Hall–Kier alpha value is -4.87. The number of nitrogens with zero attached hydrogens (tertiary/aromatic N) is 3. The number of hydrogen-bond donors (Lipinski definition) is 3. The van der Waals surface area contributed by atoms with Crippen LogP contribution in [0.25, 0.3) is 22.3 Å². The van der Waals surface area contributed by atoms with Crippen LogP contribution in [0.2, 0.25) is 0 Å². The number of aromatic amines is 1. The van der Waals surface area contributed by atoms with Crippen molar-refractivity contribution in [3.8, 4) is 28.5 Å². The third kappa shape index (κ3) is 6.79. The SMILES string of the molecule is Cc1ccc(Oc2cc(-c3ccc(O)cc3)nc3[nH]ccc23)cc1C(=O)Nc1ccc(CN2CCN(C)CC2)c(C(F)(F)F)c1. The summed E-state index contributed by atoms with van der Waals surface area (Å²) in [7, 11) is 1.99. The molecule has 3 heterocycles. The van der Waals surface area contributed by atoms with Crippen molar-refractivity contribution in [3.05, 3.63) is 101 Å². The fraction of sp³-hybridized carbons (Fsp3) is 0.235. The number of carbonyl (C=O) groups excluding carboxylic acids is 1. The number of amides is 1. The summed E-state index contributed by atoms with van der Waals surface area (Å²) in [6.45, 7) is 4.92. The number of alkyl halides is 3. The Kier molecular flexibility index (Phi) is 8.22. The Bertz CT molecular complexity index is 1840. The van der Waals surface area contributed by atoms with Gasteiger partial charge in [0.15, 0.2) is 0 Å². The third-order valence-electron chi connectivity index (χ3n) is 8.00. The van der Waals surface area contributed by atoms with Gasteiger partial charge in [0.2, 0.25) is 0 Å². The number of hydrogen-bond acceptors (Lipinski definition) is 6. The van der Waals surface area contributed by atoms with Gasteiger partial charge in [0.25, 0.3) is 5.91 Å². The van der Waals surface area contributed by atoms with E-state index in [1.807, 2.05) is 18.0 Å². The van der Waals surface area contributed by atoms with E-state index < -0.39 is 17.6 Å². The number of likely N-dealkylation sites (N-methyl/N-ethyl adjacent to an activating group) is 1. The van der Waals surface area contributed by atoms with Gasteiger partial charge < -0.3 is 25.0 Å². The first kappa shape index (κ1) is 30.2. The van der Waals surface area contributed by atoms with E-state index in [0.717, 1.165) is 30.1 Å². The monoisotopic (exact) mass is 615 g/mol. The predicted molar refractivity (Wildman–Crippen MR) is 167 cm³/mol. The van der Waals surface area contributed by atoms with Gasteiger partial charge in [-0.05, 0) is 79.7 Å². The maximum atomic E-state index is 14.1. The molecule has 8 nitrogen and oxygen atoms in total. The lowest BCUT2D eigenvalue weighted by Crippen LogP contribution is -2.44. The first-order valence-corrected chi connectivity index (χ1v) is 14.5. The second kappa shape index (κ2) is 12.3. The molecule has 11 heteroatoms. The summed E-state index contributed by atoms with van der Waals surface area (Å²) >= 11 is 0. The topological polar surface area (TPSA) is 93.7 Å². The molecule has 1 saturated heterocycles. The van der Waals surface area contributed by atoms with Crippen LogP contribution in [0.5, 0.6) is 17.2 Å². The van der Waals surface area contributed by atoms with E-state index in [0.29, 0.717) is 41.5 Å². The molecule has 3 N–H and O–H groups in total. The lowest BCUT2D eigenvalue weighted by molar-refractivity contribution is -0.138. The summed E-state index contributed by atoms with van der Waals surface area (Å²) in [5.74, 6) is 0.446. The molecule has 45 heavy (non-hydrogen) atoms. The van der Waals surface area contributed by atoms with Gasteiger partial charge in [0, 0.05) is 61.8 Å². The van der Waals surface area contributed by atoms with Gasteiger partial charge in [-0.3, -0.25) is 9.69 Å². The normalized spacial score (nSPS) is 14.5. The van der Waals surface area contributed by atoms with Crippen molar-refractivity contribution >= 4 is 22.6 Å². The van der Waals surface area contributed by atoms with Crippen LogP contribution in [-0.2, 0) is 12.7 Å². The second-order valence-electron chi connectivity index (χ2n) is 11.3. The number of pyridine rings is 1. The van der Waals surface area contributed by atoms with Crippen LogP contribution in [0.4, 0.5) is 18.9 Å². The summed E-state index contributed by atoms with van der Waals surface area (Å²) in [6.07, 6.45) is -2.83. The molecule has 1 amide bonds. The Morgan fingerprint density at radius 3 is 2.49 bits per heavy atom. The van der Waals surface area contributed by atoms with Gasteiger partial charge >= 0.3 is 6.18 Å². The van der Waals surface area contributed by atoms with Crippen LogP contribution in [0.1, 0.15) is 27.0 Å². The molecule has 1 aliphatic heterocycles. The average molecular weight is 616 g/mol. The molecule has 1 aliphatic rings. The van der Waals surface area contributed by atoms with Crippen molar-refractivity contribution < 1.29 is 27.8 Å². The van der Waals surface area contributed by atoms with Crippen molar-refractivity contribution in [3.63, 3.8) is 0 Å². The number of aromatic hydroxyl groups is 1. The van der Waals surface area contributed by atoms with Crippen LogP contribution in [0.15, 0.2) is 79.0 Å². The summed E-state index contributed by atoms with van der Waals surface area (Å²) in [5, 5.41) is 13.0. The first-order chi connectivity index (χ1) is 21.5. The van der Waals surface area contributed by atoms with Crippen LogP contribution < -0.4 is 10.1 Å². The number of benzene rings is 3. The fourth-order valence-corrected chi connectivity index (χ4v) is 5.41. The quantitative estimate of drug-likeness (QED) is 0.182. The first-order valence-electron chi connectivity index (χ1n) is 14.5. The molecule has 6 rings (SSSR count). The Morgan fingerprint density at radius 1 is 1.00 bits per heavy atom. The molecule has 0 aliphatic carbocycles. The number of phenolic OH excluding ortho intramolecular Hbond substituents is 1. The zero-order valence-corrected chi connectivity index (χ0v) is 24.8. The van der Waals surface area contributed by atoms with Crippen LogP contribution in [0.3, 0.4) is 0 Å². The minimum absolute atomic E-state index is 0.0573. The minimum Gasteiger partial charge on any atom is -0.508 e. The van der Waals surface area contributed by atoms with E-state index in [1.54, 1.807) is 61.7 Å². The van der Waals surface area contributed by atoms with Gasteiger partial charge in [-0.2, -0.15) is 13.2 Å². The highest BCUT2D eigenvalue weighted by molar-refractivity contribution is 6.05. The van der Waals surface area contributed by atoms with Gasteiger partial charge in [-0.15, -0.1) is 0 Å². The Morgan fingerprint density at radius 2 is 1.76 bits per heavy atom. The number of ether oxygens (including phenoxy) is 1. The predicted octanol–water partition coefficient (Wildman–Crippen LogP) is 7.05. The highest BCUT2D eigenvalue weighted by atomic mass is 19.4. The smallest absolute Gasteiger partial charge is 0.416 e. The van der Waals surface area contributed by atoms with E-state index in [2.05, 4.69) is 20.2 Å². The minimum atomic E-state index is -4.57. The fourth-order valence-electron chi connectivity index (χ4n) is 5.41. The third-order valence-corrected chi connectivity index (χ3v) is 8.00. The van der Waals surface area contributed by atoms with E-state index in [9.17, 15) is 23.1 Å². The number of halogens is 3. The van der Waals surface area contributed by atoms with Gasteiger partial charge in [-0.1, -0.05) is 12.1 Å². The number of aromatic nitrogens is 2. The molecule has 1 fully saturated rings. The summed E-state index contributed by atoms with van der Waals surface area (Å²) in [5.41, 5.74) is 2.35. The standard InChI is InChI=1S/C34H32F3N5O3/c1-21-3-10-26(45-31-19-30(22-5-8-25(43)9-6-22)40-32-27(31)11-12-38-32)18-28(21)33(44)39-24-7-4-23(29(17-24)34(35,36)37)20-42-15-13-41(2)14-16-42/h3-12,17-19,43H,13-16,20H2,1-2H3,(H,38,40)(H,39,44). The maximum Gasteiger partial charge on any atom is 0.416 e. The zero-order valence-electron chi connectivity index (χ0n) is 24.8. The summed E-state index contributed by atoms with van der Waals surface area (Å²) in [4.78, 5) is 25.3. The molecular formula is C34H32F3N5O3. The van der Waals surface area contributed by atoms with Crippen LogP contribution in [-0.4, -0.2) is 64.0 Å². The number of piperazine rings is 1. The average Bonchev–Trinajstić information content (AvgIpc) is 3.49.